The number of ether oxygens (including phenoxy) is 1. The number of aliphatic carboxylic acids is 2. The Bertz CT molecular complexity index is 425. The molecule has 0 fully saturated rings. The lowest BCUT2D eigenvalue weighted by molar-refractivity contribution is -0.167. The molecule has 0 aromatic rings. The van der Waals surface area contributed by atoms with Crippen LogP contribution in [0.25, 0.3) is 0 Å². The summed E-state index contributed by atoms with van der Waals surface area (Å²) in [5.74, 6) is -7.74. The first-order chi connectivity index (χ1) is 10.2. The minimum Gasteiger partial charge on any atom is -0.481 e. The number of carbonyl (C=O) groups excluding carboxylic acids is 2. The Kier molecular flexibility index (Phi) is 8.91. The summed E-state index contributed by atoms with van der Waals surface area (Å²) in [6.45, 7) is 0.425. The lowest BCUT2D eigenvalue weighted by atomic mass is 9.99. The van der Waals surface area contributed by atoms with Crippen LogP contribution in [0, 0.1) is 5.92 Å². The summed E-state index contributed by atoms with van der Waals surface area (Å²) in [6, 6.07) is -1.07. The van der Waals surface area contributed by atoms with Crippen LogP contribution in [0.5, 0.6) is 0 Å². The predicted octanol–water partition coefficient (Wildman–Crippen LogP) is -1.95. The highest BCUT2D eigenvalue weighted by atomic mass is 16.6. The van der Waals surface area contributed by atoms with Crippen molar-refractivity contribution in [2.75, 3.05) is 6.54 Å². The molecule has 0 aliphatic carbocycles. The zero-order chi connectivity index (χ0) is 17.3. The van der Waals surface area contributed by atoms with E-state index in [0.717, 1.165) is 0 Å². The Hall–Kier alpha value is -2.04. The third kappa shape index (κ3) is 7.11. The SMILES string of the molecule is NCCCC[C@H](N)C(=O)OC(=O)CC(C(=O)O)C(O)C(=O)O. The van der Waals surface area contributed by atoms with E-state index in [9.17, 15) is 24.3 Å². The molecule has 2 unspecified atom stereocenters. The molecule has 0 aliphatic rings. The molecule has 22 heavy (non-hydrogen) atoms. The second-order valence-corrected chi connectivity index (χ2v) is 4.62. The molecule has 0 saturated carbocycles. The number of esters is 2. The van der Waals surface area contributed by atoms with Gasteiger partial charge in [0.25, 0.3) is 0 Å². The highest BCUT2D eigenvalue weighted by Gasteiger charge is 2.35. The molecule has 10 nitrogen and oxygen atoms in total. The minimum absolute atomic E-state index is 0.240. The van der Waals surface area contributed by atoms with Crippen LogP contribution in [0.2, 0.25) is 0 Å². The topological polar surface area (TPSA) is 190 Å². The van der Waals surface area contributed by atoms with E-state index in [4.69, 9.17) is 21.7 Å². The first kappa shape index (κ1) is 20.0. The van der Waals surface area contributed by atoms with E-state index in [1.54, 1.807) is 0 Å². The molecule has 0 radical (unpaired) electrons. The molecule has 0 aromatic heterocycles. The van der Waals surface area contributed by atoms with Gasteiger partial charge in [0.15, 0.2) is 6.10 Å². The molecule has 0 aromatic carbocycles. The summed E-state index contributed by atoms with van der Waals surface area (Å²) in [5.41, 5.74) is 10.7. The summed E-state index contributed by atoms with van der Waals surface area (Å²) in [6.07, 6.45) is -1.83. The molecule has 126 valence electrons. The van der Waals surface area contributed by atoms with E-state index >= 15 is 0 Å². The quantitative estimate of drug-likeness (QED) is 0.172. The number of aliphatic hydroxyl groups excluding tert-OH is 1. The van der Waals surface area contributed by atoms with Crippen LogP contribution in [0.4, 0.5) is 0 Å². The van der Waals surface area contributed by atoms with Crippen molar-refractivity contribution in [3.63, 3.8) is 0 Å². The number of hydrogen-bond donors (Lipinski definition) is 5. The molecule has 7 N–H and O–H groups in total. The van der Waals surface area contributed by atoms with Crippen LogP contribution >= 0.6 is 0 Å². The van der Waals surface area contributed by atoms with Gasteiger partial charge in [0.1, 0.15) is 12.0 Å². The van der Waals surface area contributed by atoms with Crippen molar-refractivity contribution >= 4 is 23.9 Å². The molecule has 3 atom stereocenters. The number of carboxylic acids is 2. The Morgan fingerprint density at radius 2 is 1.64 bits per heavy atom. The molecule has 0 spiro atoms. The Morgan fingerprint density at radius 1 is 1.05 bits per heavy atom. The van der Waals surface area contributed by atoms with Crippen LogP contribution in [0.1, 0.15) is 25.7 Å². The largest absolute Gasteiger partial charge is 0.481 e. The predicted molar refractivity (Wildman–Crippen MR) is 71.4 cm³/mol. The van der Waals surface area contributed by atoms with Gasteiger partial charge in [-0.25, -0.2) is 9.59 Å². The van der Waals surface area contributed by atoms with E-state index in [2.05, 4.69) is 4.74 Å². The Balaban J connectivity index is 4.48. The van der Waals surface area contributed by atoms with Crippen molar-refractivity contribution in [1.82, 2.24) is 0 Å². The first-order valence-corrected chi connectivity index (χ1v) is 6.54. The van der Waals surface area contributed by atoms with Gasteiger partial charge in [-0.15, -0.1) is 0 Å². The minimum atomic E-state index is -2.29. The third-order valence-corrected chi connectivity index (χ3v) is 2.82. The van der Waals surface area contributed by atoms with Gasteiger partial charge < -0.3 is 31.5 Å². The van der Waals surface area contributed by atoms with E-state index < -0.39 is 48.4 Å². The number of aliphatic hydroxyl groups is 1. The van der Waals surface area contributed by atoms with Crippen LogP contribution in [0.15, 0.2) is 0 Å². The van der Waals surface area contributed by atoms with Crippen molar-refractivity contribution in [3.05, 3.63) is 0 Å². The summed E-state index contributed by atoms with van der Waals surface area (Å²) >= 11 is 0. The van der Waals surface area contributed by atoms with Crippen molar-refractivity contribution in [3.8, 4) is 0 Å². The van der Waals surface area contributed by atoms with Gasteiger partial charge in [-0.05, 0) is 19.4 Å². The van der Waals surface area contributed by atoms with E-state index in [1.165, 1.54) is 0 Å². The number of carboxylic acid groups (broad SMARTS) is 2. The van der Waals surface area contributed by atoms with Gasteiger partial charge in [-0.3, -0.25) is 9.59 Å². The first-order valence-electron chi connectivity index (χ1n) is 6.54. The molecule has 0 heterocycles. The van der Waals surface area contributed by atoms with Crippen LogP contribution in [-0.2, 0) is 23.9 Å². The number of nitrogens with two attached hydrogens (primary N) is 2. The normalized spacial score (nSPS) is 14.7. The third-order valence-electron chi connectivity index (χ3n) is 2.82. The molecule has 0 bridgehead atoms. The standard InChI is InChI=1S/C12H20N2O8/c13-4-2-1-3-7(14)12(21)22-8(15)5-6(10(17)18)9(16)11(19)20/h6-7,9,16H,1-5,13-14H2,(H,17,18)(H,19,20)/t6?,7-,9?/m0/s1. The maximum Gasteiger partial charge on any atom is 0.333 e. The van der Waals surface area contributed by atoms with Crippen LogP contribution in [-0.4, -0.2) is 57.9 Å². The number of unbranched alkanes of at least 4 members (excludes halogenated alkanes) is 1. The summed E-state index contributed by atoms with van der Waals surface area (Å²) in [4.78, 5) is 44.3. The summed E-state index contributed by atoms with van der Waals surface area (Å²) in [7, 11) is 0. The lowest BCUT2D eigenvalue weighted by Crippen LogP contribution is -2.38. The average Bonchev–Trinajstić information content (AvgIpc) is 2.43. The van der Waals surface area contributed by atoms with Gasteiger partial charge in [0.05, 0.1) is 6.42 Å². The van der Waals surface area contributed by atoms with Gasteiger partial charge >= 0.3 is 23.9 Å². The van der Waals surface area contributed by atoms with Crippen molar-refractivity contribution in [2.24, 2.45) is 17.4 Å². The fourth-order valence-corrected chi connectivity index (χ4v) is 1.54. The molecular formula is C12H20N2O8. The van der Waals surface area contributed by atoms with E-state index in [-0.39, 0.29) is 6.42 Å². The summed E-state index contributed by atoms with van der Waals surface area (Å²) in [5, 5.41) is 26.5. The fraction of sp³-hybridized carbons (Fsp3) is 0.667. The molecule has 0 rings (SSSR count). The van der Waals surface area contributed by atoms with Crippen LogP contribution < -0.4 is 11.5 Å². The van der Waals surface area contributed by atoms with Gasteiger partial charge in [-0.2, -0.15) is 0 Å². The molecule has 0 amide bonds. The zero-order valence-electron chi connectivity index (χ0n) is 11.8. The van der Waals surface area contributed by atoms with Crippen LogP contribution in [0.3, 0.4) is 0 Å². The number of carbonyl (C=O) groups is 4. The van der Waals surface area contributed by atoms with Gasteiger partial charge in [0, 0.05) is 0 Å². The monoisotopic (exact) mass is 320 g/mol. The molecule has 10 heteroatoms. The smallest absolute Gasteiger partial charge is 0.333 e. The zero-order valence-corrected chi connectivity index (χ0v) is 11.8. The number of rotatable bonds is 10. The molecular weight excluding hydrogens is 300 g/mol. The van der Waals surface area contributed by atoms with E-state index in [1.807, 2.05) is 0 Å². The number of hydrogen-bond acceptors (Lipinski definition) is 8. The maximum atomic E-state index is 11.5. The summed E-state index contributed by atoms with van der Waals surface area (Å²) < 4.78 is 4.35. The average molecular weight is 320 g/mol. The molecule has 0 aliphatic heterocycles. The van der Waals surface area contributed by atoms with Crippen molar-refractivity contribution in [2.45, 2.75) is 37.8 Å². The highest BCUT2D eigenvalue weighted by Crippen LogP contribution is 2.12. The second-order valence-electron chi connectivity index (χ2n) is 4.62. The molecule has 0 saturated heterocycles. The maximum absolute atomic E-state index is 11.5. The fourth-order valence-electron chi connectivity index (χ4n) is 1.54. The Labute approximate surface area is 126 Å². The van der Waals surface area contributed by atoms with E-state index in [0.29, 0.717) is 19.4 Å². The second kappa shape index (κ2) is 9.82. The van der Waals surface area contributed by atoms with Crippen molar-refractivity contribution < 1.29 is 39.2 Å². The highest BCUT2D eigenvalue weighted by molar-refractivity contribution is 5.91. The van der Waals surface area contributed by atoms with Gasteiger partial charge in [-0.1, -0.05) is 6.42 Å². The Morgan fingerprint density at radius 3 is 2.09 bits per heavy atom. The van der Waals surface area contributed by atoms with Gasteiger partial charge in [0.2, 0.25) is 0 Å². The lowest BCUT2D eigenvalue weighted by Gasteiger charge is -2.15. The van der Waals surface area contributed by atoms with Crippen molar-refractivity contribution in [1.29, 1.82) is 0 Å².